The number of hydrogen-bond acceptors (Lipinski definition) is 6. The highest BCUT2D eigenvalue weighted by Gasteiger charge is 2.18. The molecular weight excluding hydrogens is 500 g/mol. The molecule has 38 heavy (non-hydrogen) atoms. The molecule has 0 saturated carbocycles. The molecule has 5 rings (SSSR count). The van der Waals surface area contributed by atoms with Crippen LogP contribution in [-0.2, 0) is 23.4 Å². The van der Waals surface area contributed by atoms with E-state index in [1.807, 2.05) is 36.4 Å². The van der Waals surface area contributed by atoms with Crippen LogP contribution in [0.25, 0.3) is 22.0 Å². The van der Waals surface area contributed by atoms with E-state index in [0.29, 0.717) is 45.6 Å². The number of H-pyrrole nitrogens is 1. The molecule has 3 aromatic carbocycles. The number of nitrogens with one attached hydrogen (secondary N) is 2. The molecule has 190 valence electrons. The third kappa shape index (κ3) is 5.03. The van der Waals surface area contributed by atoms with E-state index in [1.165, 1.54) is 10.6 Å². The Balaban J connectivity index is 1.50. The predicted octanol–water partition coefficient (Wildman–Crippen LogP) is 5.21. The molecule has 5 aromatic rings. The second-order valence-corrected chi connectivity index (χ2v) is 11.0. The monoisotopic (exact) mass is 524 g/mol. The number of benzene rings is 3. The molecule has 2 N–H and O–H groups in total. The van der Waals surface area contributed by atoms with Crippen molar-refractivity contribution in [2.45, 2.75) is 11.4 Å². The molecule has 0 amide bonds. The minimum absolute atomic E-state index is 0.148. The zero-order valence-corrected chi connectivity index (χ0v) is 21.5. The molecule has 0 spiro atoms. The lowest BCUT2D eigenvalue weighted by Crippen LogP contribution is -2.16. The molecule has 0 aliphatic rings. The van der Waals surface area contributed by atoms with Gasteiger partial charge in [-0.05, 0) is 54.1 Å². The molecule has 0 atom stereocenters. The molecule has 0 fully saturated rings. The van der Waals surface area contributed by atoms with Crippen LogP contribution in [0.5, 0.6) is 11.5 Å². The number of rotatable bonds is 7. The SMILES string of the molecule is Cn1cc(-c2cc(S(C)(=O)=O)ccc2Oc2cccc(NCc3ccc(C#N)cc3)c2)c2cc[nH]c2c1=O. The molecule has 0 aliphatic carbocycles. The maximum Gasteiger partial charge on any atom is 0.274 e. The van der Waals surface area contributed by atoms with Crippen LogP contribution in [0.15, 0.2) is 94.9 Å². The van der Waals surface area contributed by atoms with Gasteiger partial charge in [-0.2, -0.15) is 5.26 Å². The number of pyridine rings is 1. The van der Waals surface area contributed by atoms with Gasteiger partial charge in [-0.15, -0.1) is 0 Å². The Kier molecular flexibility index (Phi) is 6.49. The number of aromatic amines is 1. The van der Waals surface area contributed by atoms with Crippen LogP contribution >= 0.6 is 0 Å². The summed E-state index contributed by atoms with van der Waals surface area (Å²) in [6.45, 7) is 0.562. The Morgan fingerprint density at radius 1 is 1.03 bits per heavy atom. The van der Waals surface area contributed by atoms with Gasteiger partial charge in [0.05, 0.1) is 16.5 Å². The summed E-state index contributed by atoms with van der Waals surface area (Å²) in [5.74, 6) is 1.00. The molecule has 2 heterocycles. The number of nitriles is 1. The van der Waals surface area contributed by atoms with E-state index in [0.717, 1.165) is 17.5 Å². The van der Waals surface area contributed by atoms with Crippen molar-refractivity contribution in [2.24, 2.45) is 7.05 Å². The zero-order chi connectivity index (χ0) is 26.9. The Morgan fingerprint density at radius 2 is 1.82 bits per heavy atom. The van der Waals surface area contributed by atoms with Crippen LogP contribution in [0.3, 0.4) is 0 Å². The smallest absolute Gasteiger partial charge is 0.274 e. The van der Waals surface area contributed by atoms with Gasteiger partial charge in [0.2, 0.25) is 0 Å². The number of aryl methyl sites for hydroxylation is 1. The average Bonchev–Trinajstić information content (AvgIpc) is 3.40. The highest BCUT2D eigenvalue weighted by atomic mass is 32.2. The highest BCUT2D eigenvalue weighted by molar-refractivity contribution is 7.90. The van der Waals surface area contributed by atoms with E-state index in [4.69, 9.17) is 10.00 Å². The average molecular weight is 525 g/mol. The van der Waals surface area contributed by atoms with Gasteiger partial charge in [-0.3, -0.25) is 4.79 Å². The number of nitrogens with zero attached hydrogens (tertiary/aromatic N) is 2. The van der Waals surface area contributed by atoms with Crippen molar-refractivity contribution < 1.29 is 13.2 Å². The molecule has 0 aliphatic heterocycles. The summed E-state index contributed by atoms with van der Waals surface area (Å²) in [6.07, 6.45) is 4.52. The maximum atomic E-state index is 12.6. The topological polar surface area (TPSA) is 117 Å². The molecule has 0 unspecified atom stereocenters. The molecule has 0 bridgehead atoms. The first-order valence-corrected chi connectivity index (χ1v) is 13.6. The number of aromatic nitrogens is 2. The number of fused-ring (bicyclic) bond motifs is 1. The molecule has 0 saturated heterocycles. The molecular formula is C29H24N4O4S. The minimum atomic E-state index is -3.49. The fourth-order valence-electron chi connectivity index (χ4n) is 4.22. The Bertz CT molecular complexity index is 1860. The van der Waals surface area contributed by atoms with Crippen molar-refractivity contribution in [1.82, 2.24) is 9.55 Å². The van der Waals surface area contributed by atoms with Gasteiger partial charge in [0, 0.05) is 60.5 Å². The van der Waals surface area contributed by atoms with Crippen molar-refractivity contribution in [3.8, 4) is 28.7 Å². The van der Waals surface area contributed by atoms with Crippen molar-refractivity contribution in [3.63, 3.8) is 0 Å². The lowest BCUT2D eigenvalue weighted by molar-refractivity contribution is 0.484. The number of hydrogen-bond donors (Lipinski definition) is 2. The third-order valence-corrected chi connectivity index (χ3v) is 7.32. The normalized spacial score (nSPS) is 11.3. The zero-order valence-electron chi connectivity index (χ0n) is 20.7. The fraction of sp³-hybridized carbons (Fsp3) is 0.103. The lowest BCUT2D eigenvalue weighted by Gasteiger charge is -2.15. The van der Waals surface area contributed by atoms with Crippen LogP contribution in [0.2, 0.25) is 0 Å². The van der Waals surface area contributed by atoms with Gasteiger partial charge >= 0.3 is 0 Å². The van der Waals surface area contributed by atoms with Gasteiger partial charge in [0.1, 0.15) is 17.0 Å². The summed E-state index contributed by atoms with van der Waals surface area (Å²) in [4.78, 5) is 15.7. The van der Waals surface area contributed by atoms with Crippen LogP contribution in [0, 0.1) is 11.3 Å². The van der Waals surface area contributed by atoms with Crippen molar-refractivity contribution >= 4 is 26.4 Å². The predicted molar refractivity (Wildman–Crippen MR) is 147 cm³/mol. The number of sulfone groups is 1. The van der Waals surface area contributed by atoms with Crippen molar-refractivity contribution in [3.05, 3.63) is 107 Å². The first-order valence-electron chi connectivity index (χ1n) is 11.7. The van der Waals surface area contributed by atoms with Gasteiger partial charge in [-0.1, -0.05) is 18.2 Å². The van der Waals surface area contributed by atoms with Crippen LogP contribution in [0.4, 0.5) is 5.69 Å². The molecule has 0 radical (unpaired) electrons. The second-order valence-electron chi connectivity index (χ2n) is 8.95. The first kappa shape index (κ1) is 24.9. The molecule has 8 nitrogen and oxygen atoms in total. The maximum absolute atomic E-state index is 12.6. The van der Waals surface area contributed by atoms with E-state index in [2.05, 4.69) is 16.4 Å². The second kappa shape index (κ2) is 9.92. The van der Waals surface area contributed by atoms with Crippen LogP contribution in [0.1, 0.15) is 11.1 Å². The summed E-state index contributed by atoms with van der Waals surface area (Å²) in [7, 11) is -1.84. The summed E-state index contributed by atoms with van der Waals surface area (Å²) >= 11 is 0. The van der Waals surface area contributed by atoms with E-state index in [-0.39, 0.29) is 10.5 Å². The van der Waals surface area contributed by atoms with Gasteiger partial charge < -0.3 is 19.6 Å². The van der Waals surface area contributed by atoms with Gasteiger partial charge in [-0.25, -0.2) is 8.42 Å². The molecule has 9 heteroatoms. The largest absolute Gasteiger partial charge is 0.457 e. The van der Waals surface area contributed by atoms with E-state index in [9.17, 15) is 13.2 Å². The van der Waals surface area contributed by atoms with Crippen molar-refractivity contribution in [2.75, 3.05) is 11.6 Å². The Morgan fingerprint density at radius 3 is 2.55 bits per heavy atom. The third-order valence-electron chi connectivity index (χ3n) is 6.21. The highest BCUT2D eigenvalue weighted by Crippen LogP contribution is 2.38. The van der Waals surface area contributed by atoms with E-state index >= 15 is 0 Å². The van der Waals surface area contributed by atoms with Crippen LogP contribution < -0.4 is 15.6 Å². The number of ether oxygens (including phenoxy) is 1. The molecule has 2 aromatic heterocycles. The Labute approximate surface area is 219 Å². The van der Waals surface area contributed by atoms with Gasteiger partial charge in [0.25, 0.3) is 5.56 Å². The van der Waals surface area contributed by atoms with E-state index < -0.39 is 9.84 Å². The van der Waals surface area contributed by atoms with Gasteiger partial charge in [0.15, 0.2) is 9.84 Å². The van der Waals surface area contributed by atoms with E-state index in [1.54, 1.807) is 49.8 Å². The standard InChI is InChI=1S/C29H24N4O4S/c1-33-18-26(24-12-13-31-28(24)29(33)34)25-15-23(38(2,35)36)10-11-27(25)37-22-5-3-4-21(14-22)32-17-20-8-6-19(16-30)7-9-20/h3-15,18,31-32H,17H2,1-2H3. The first-order chi connectivity index (χ1) is 18.2. The van der Waals surface area contributed by atoms with Crippen LogP contribution in [-0.4, -0.2) is 24.2 Å². The number of anilines is 1. The quantitative estimate of drug-likeness (QED) is 0.302. The minimum Gasteiger partial charge on any atom is -0.457 e. The fourth-order valence-corrected chi connectivity index (χ4v) is 4.87. The lowest BCUT2D eigenvalue weighted by atomic mass is 10.0. The Hall–Kier alpha value is -4.81. The summed E-state index contributed by atoms with van der Waals surface area (Å²) in [5.41, 5.74) is 3.92. The van der Waals surface area contributed by atoms with Crippen molar-refractivity contribution in [1.29, 1.82) is 5.26 Å². The summed E-state index contributed by atoms with van der Waals surface area (Å²) in [6, 6.07) is 23.4. The summed E-state index contributed by atoms with van der Waals surface area (Å²) < 4.78 is 32.5. The summed E-state index contributed by atoms with van der Waals surface area (Å²) in [5, 5.41) is 13.0.